The van der Waals surface area contributed by atoms with Crippen LogP contribution in [0.15, 0.2) is 47.4 Å². The molecule has 0 atom stereocenters. The summed E-state index contributed by atoms with van der Waals surface area (Å²) in [6, 6.07) is 11.8. The Morgan fingerprint density at radius 2 is 2.00 bits per heavy atom. The number of halogens is 1. The number of nitrogens with one attached hydrogen (secondary N) is 1. The highest BCUT2D eigenvalue weighted by molar-refractivity contribution is 14.1. The van der Waals surface area contributed by atoms with Gasteiger partial charge in [-0.15, -0.1) is 5.10 Å². The molecule has 158 valence electrons. The lowest BCUT2D eigenvalue weighted by Crippen LogP contribution is -2.40. The molecule has 1 aromatic heterocycles. The summed E-state index contributed by atoms with van der Waals surface area (Å²) in [6.45, 7) is 1.00. The summed E-state index contributed by atoms with van der Waals surface area (Å²) in [7, 11) is -3.68. The molecule has 4 rings (SSSR count). The summed E-state index contributed by atoms with van der Waals surface area (Å²) in [5.74, 6) is -0.377. The van der Waals surface area contributed by atoms with Gasteiger partial charge in [-0.25, -0.2) is 8.42 Å². The van der Waals surface area contributed by atoms with Crippen LogP contribution in [0.2, 0.25) is 0 Å². The molecule has 2 heterocycles. The number of ether oxygens (including phenoxy) is 1. The maximum Gasteiger partial charge on any atom is 0.265 e. The number of hydrogen-bond acceptors (Lipinski definition) is 7. The predicted molar refractivity (Wildman–Crippen MR) is 116 cm³/mol. The molecule has 0 bridgehead atoms. The molecular formula is C18H18IN5O5S. The molecule has 1 N–H and O–H groups in total. The Morgan fingerprint density at radius 3 is 2.77 bits per heavy atom. The fraction of sp³-hybridized carbons (Fsp3) is 0.278. The van der Waals surface area contributed by atoms with Crippen molar-refractivity contribution in [2.24, 2.45) is 0 Å². The topological polar surface area (TPSA) is 116 Å². The van der Waals surface area contributed by atoms with Crippen molar-refractivity contribution in [3.63, 3.8) is 0 Å². The number of aromatic nitrogens is 3. The standard InChI is InChI=1S/C18H18IN5O5S/c19-13-2-1-3-14(10-13)20-18(25)12-29-24-17-11-15(4-5-16(17)21-22-24)30(26,27)23-6-8-28-9-7-23/h1-5,10-11H,6-9,12H2,(H,20,25). The molecule has 0 radical (unpaired) electrons. The fourth-order valence-electron chi connectivity index (χ4n) is 2.95. The van der Waals surface area contributed by atoms with E-state index in [-0.39, 0.29) is 17.4 Å². The van der Waals surface area contributed by atoms with Crippen LogP contribution < -0.4 is 10.2 Å². The van der Waals surface area contributed by atoms with Gasteiger partial charge in [-0.1, -0.05) is 10.9 Å². The van der Waals surface area contributed by atoms with E-state index in [0.29, 0.717) is 43.0 Å². The first-order valence-electron chi connectivity index (χ1n) is 9.05. The van der Waals surface area contributed by atoms with Crippen LogP contribution >= 0.6 is 22.6 Å². The molecule has 1 fully saturated rings. The Hall–Kier alpha value is -2.29. The van der Waals surface area contributed by atoms with Crippen molar-refractivity contribution >= 4 is 55.2 Å². The summed E-state index contributed by atoms with van der Waals surface area (Å²) >= 11 is 2.15. The van der Waals surface area contributed by atoms with Crippen LogP contribution in [0.3, 0.4) is 0 Å². The van der Waals surface area contributed by atoms with Gasteiger partial charge in [-0.3, -0.25) is 4.79 Å². The Balaban J connectivity index is 1.49. The average molecular weight is 543 g/mol. The van der Waals surface area contributed by atoms with Crippen molar-refractivity contribution in [2.45, 2.75) is 4.90 Å². The Bertz CT molecular complexity index is 1180. The predicted octanol–water partition coefficient (Wildman–Crippen LogP) is 1.12. The molecule has 1 amide bonds. The Kier molecular flexibility index (Phi) is 6.17. The van der Waals surface area contributed by atoms with Crippen molar-refractivity contribution in [1.29, 1.82) is 0 Å². The summed E-state index contributed by atoms with van der Waals surface area (Å²) in [4.78, 5) is 18.8. The molecule has 0 spiro atoms. The minimum absolute atomic E-state index is 0.104. The molecule has 3 aromatic rings. The number of amides is 1. The van der Waals surface area contributed by atoms with Crippen molar-refractivity contribution in [1.82, 2.24) is 19.5 Å². The Morgan fingerprint density at radius 1 is 1.20 bits per heavy atom. The SMILES string of the molecule is O=C(COn1nnc2ccc(S(=O)(=O)N3CCOCC3)cc21)Nc1cccc(I)c1. The van der Waals surface area contributed by atoms with Gasteiger partial charge in [0.05, 0.1) is 18.1 Å². The van der Waals surface area contributed by atoms with Gasteiger partial charge in [0.15, 0.2) is 6.61 Å². The molecule has 1 aliphatic heterocycles. The zero-order valence-corrected chi connectivity index (χ0v) is 18.7. The second-order valence-electron chi connectivity index (χ2n) is 6.46. The number of fused-ring (bicyclic) bond motifs is 1. The van der Waals surface area contributed by atoms with Crippen molar-refractivity contribution in [2.75, 3.05) is 38.2 Å². The van der Waals surface area contributed by atoms with E-state index in [2.05, 4.69) is 38.2 Å². The fourth-order valence-corrected chi connectivity index (χ4v) is 4.92. The van der Waals surface area contributed by atoms with Crippen LogP contribution in [0, 0.1) is 3.57 Å². The van der Waals surface area contributed by atoms with Gasteiger partial charge < -0.3 is 14.9 Å². The van der Waals surface area contributed by atoms with Gasteiger partial charge in [-0.05, 0) is 64.2 Å². The van der Waals surface area contributed by atoms with Crippen molar-refractivity contribution in [3.05, 3.63) is 46.0 Å². The number of morpholine rings is 1. The lowest BCUT2D eigenvalue weighted by atomic mass is 10.3. The zero-order chi connectivity index (χ0) is 21.1. The van der Waals surface area contributed by atoms with Crippen LogP contribution in [0.1, 0.15) is 0 Å². The number of sulfonamides is 1. The van der Waals surface area contributed by atoms with Gasteiger partial charge in [0, 0.05) is 22.3 Å². The van der Waals surface area contributed by atoms with Gasteiger partial charge in [0.2, 0.25) is 10.0 Å². The first kappa shape index (κ1) is 21.0. The van der Waals surface area contributed by atoms with E-state index in [9.17, 15) is 13.2 Å². The van der Waals surface area contributed by atoms with Crippen LogP contribution in [0.4, 0.5) is 5.69 Å². The molecule has 30 heavy (non-hydrogen) atoms. The summed E-state index contributed by atoms with van der Waals surface area (Å²) in [6.07, 6.45) is 0. The van der Waals surface area contributed by atoms with E-state index in [1.54, 1.807) is 12.1 Å². The third kappa shape index (κ3) is 4.55. The zero-order valence-electron chi connectivity index (χ0n) is 15.7. The van der Waals surface area contributed by atoms with Crippen LogP contribution in [-0.4, -0.2) is 66.7 Å². The monoisotopic (exact) mass is 543 g/mol. The molecule has 0 unspecified atom stereocenters. The van der Waals surface area contributed by atoms with E-state index in [4.69, 9.17) is 9.57 Å². The normalized spacial score (nSPS) is 15.2. The Labute approximate surface area is 186 Å². The lowest BCUT2D eigenvalue weighted by molar-refractivity contribution is -0.121. The van der Waals surface area contributed by atoms with E-state index in [1.165, 1.54) is 16.4 Å². The number of nitrogens with zero attached hydrogens (tertiary/aromatic N) is 4. The molecule has 1 saturated heterocycles. The highest BCUT2D eigenvalue weighted by atomic mass is 127. The number of benzene rings is 2. The van der Waals surface area contributed by atoms with Crippen molar-refractivity contribution < 1.29 is 22.8 Å². The first-order valence-corrected chi connectivity index (χ1v) is 11.6. The molecule has 12 heteroatoms. The third-order valence-corrected chi connectivity index (χ3v) is 6.99. The number of hydrogen-bond donors (Lipinski definition) is 1. The summed E-state index contributed by atoms with van der Waals surface area (Å²) in [5.41, 5.74) is 1.46. The molecular weight excluding hydrogens is 525 g/mol. The van der Waals surface area contributed by atoms with E-state index >= 15 is 0 Å². The van der Waals surface area contributed by atoms with Gasteiger partial charge >= 0.3 is 0 Å². The minimum Gasteiger partial charge on any atom is -0.385 e. The van der Waals surface area contributed by atoms with Crippen LogP contribution in [0.25, 0.3) is 11.0 Å². The molecule has 0 saturated carbocycles. The molecule has 1 aliphatic rings. The second kappa shape index (κ2) is 8.83. The largest absolute Gasteiger partial charge is 0.385 e. The maximum absolute atomic E-state index is 12.9. The second-order valence-corrected chi connectivity index (χ2v) is 9.64. The molecule has 0 aliphatic carbocycles. The molecule has 10 nitrogen and oxygen atoms in total. The maximum atomic E-state index is 12.9. The smallest absolute Gasteiger partial charge is 0.265 e. The van der Waals surface area contributed by atoms with Gasteiger partial charge in [-0.2, -0.15) is 4.31 Å². The lowest BCUT2D eigenvalue weighted by Gasteiger charge is -2.26. The van der Waals surface area contributed by atoms with Gasteiger partial charge in [0.25, 0.3) is 5.91 Å². The minimum atomic E-state index is -3.68. The number of anilines is 1. The number of carbonyl (C=O) groups is 1. The third-order valence-electron chi connectivity index (χ3n) is 4.42. The summed E-state index contributed by atoms with van der Waals surface area (Å²) < 4.78 is 33.3. The van der Waals surface area contributed by atoms with Crippen molar-refractivity contribution in [3.8, 4) is 0 Å². The number of rotatable bonds is 6. The first-order chi connectivity index (χ1) is 14.4. The average Bonchev–Trinajstić information content (AvgIpc) is 3.15. The van der Waals surface area contributed by atoms with Crippen LogP contribution in [-0.2, 0) is 19.6 Å². The summed E-state index contributed by atoms with van der Waals surface area (Å²) in [5, 5.41) is 10.5. The van der Waals surface area contributed by atoms with E-state index in [0.717, 1.165) is 8.42 Å². The van der Waals surface area contributed by atoms with Gasteiger partial charge in [0.1, 0.15) is 11.0 Å². The highest BCUT2D eigenvalue weighted by Gasteiger charge is 2.27. The van der Waals surface area contributed by atoms with Crippen LogP contribution in [0.5, 0.6) is 0 Å². The van der Waals surface area contributed by atoms with E-state index < -0.39 is 10.0 Å². The highest BCUT2D eigenvalue weighted by Crippen LogP contribution is 2.21. The van der Waals surface area contributed by atoms with E-state index in [1.807, 2.05) is 18.2 Å². The molecule has 2 aromatic carbocycles. The number of carbonyl (C=O) groups excluding carboxylic acids is 1. The quantitative estimate of drug-likeness (QED) is 0.464.